The van der Waals surface area contributed by atoms with E-state index >= 15 is 0 Å². The highest BCUT2D eigenvalue weighted by atomic mass is 16.6. The Kier molecular flexibility index (Phi) is 4.97. The van der Waals surface area contributed by atoms with Crippen LogP contribution in [-0.4, -0.2) is 59.4 Å². The molecule has 1 aliphatic heterocycles. The van der Waals surface area contributed by atoms with Gasteiger partial charge in [0.1, 0.15) is 12.2 Å². The fraction of sp³-hybridized carbons (Fsp3) is 0.677. The highest BCUT2D eigenvalue weighted by Crippen LogP contribution is 2.84. The largest absolute Gasteiger partial charge is 0.458 e. The summed E-state index contributed by atoms with van der Waals surface area (Å²) in [7, 11) is 0. The van der Waals surface area contributed by atoms with E-state index in [1.165, 1.54) is 6.92 Å². The van der Waals surface area contributed by atoms with Crippen LogP contribution in [0.25, 0.3) is 0 Å². The average Bonchev–Trinajstić information content (AvgIpc) is 3.41. The zero-order valence-electron chi connectivity index (χ0n) is 22.2. The van der Waals surface area contributed by atoms with E-state index in [0.717, 1.165) is 44.3 Å². The lowest BCUT2D eigenvalue weighted by atomic mass is 9.43. The van der Waals surface area contributed by atoms with Crippen LogP contribution >= 0.6 is 0 Å². The summed E-state index contributed by atoms with van der Waals surface area (Å²) < 4.78 is 12.4. The van der Waals surface area contributed by atoms with Crippen molar-refractivity contribution in [3.8, 4) is 0 Å². The number of nitrogens with zero attached hydrogens (tertiary/aromatic N) is 1. The Balaban J connectivity index is 1.36. The van der Waals surface area contributed by atoms with Crippen LogP contribution in [0.4, 0.5) is 0 Å². The first-order chi connectivity index (χ1) is 17.7. The SMILES string of the molecule is C=C1[C@H]2C[C@@]3([C@@H]1OC(C)=O)[C@@H](C[C@@H]2OC(=O)c1ccccc1)[C@@]12C4[C@@H]3C[C@@H]1[C@@](C)(CC[C@@H]2O)CN4CC. The molecule has 11 atom stereocenters. The molecule has 1 aromatic rings. The second-order valence-corrected chi connectivity index (χ2v) is 13.2. The zero-order valence-corrected chi connectivity index (χ0v) is 22.2. The Hall–Kier alpha value is -2.18. The van der Waals surface area contributed by atoms with Gasteiger partial charge in [-0.05, 0) is 79.5 Å². The standard InChI is InChI=1S/C31H39NO5/c1-5-32-16-29(4)12-11-25(34)31-23(29)13-21(26(31)32)30-15-20(17(2)27(30)36-18(3)33)22(14-24(30)31)37-28(35)19-9-7-6-8-10-19/h6-10,20-27,34H,2,5,11-16H2,1,3-4H3/t20-,21+,22+,23-,24-,25+,26?,27-,29+,30+,31+/m1/s1. The Labute approximate surface area is 219 Å². The number of likely N-dealkylation sites (tertiary alicyclic amines) is 1. The number of benzene rings is 1. The first-order valence-electron chi connectivity index (χ1n) is 14.2. The molecule has 198 valence electrons. The van der Waals surface area contributed by atoms with Gasteiger partial charge in [-0.15, -0.1) is 0 Å². The number of aliphatic hydroxyl groups excluding tert-OH is 1. The van der Waals surface area contributed by atoms with Gasteiger partial charge in [-0.3, -0.25) is 9.69 Å². The quantitative estimate of drug-likeness (QED) is 0.488. The number of piperidine rings is 1. The Morgan fingerprint density at radius 2 is 1.92 bits per heavy atom. The molecule has 5 aliphatic carbocycles. The minimum atomic E-state index is -0.395. The van der Waals surface area contributed by atoms with Crippen molar-refractivity contribution in [2.24, 2.45) is 39.9 Å². The molecule has 0 amide bonds. The van der Waals surface area contributed by atoms with Crippen LogP contribution in [0.1, 0.15) is 63.2 Å². The van der Waals surface area contributed by atoms with Crippen LogP contribution in [0.5, 0.6) is 0 Å². The number of hydrogen-bond donors (Lipinski definition) is 1. The molecule has 7 rings (SSSR count). The Morgan fingerprint density at radius 3 is 2.62 bits per heavy atom. The second-order valence-electron chi connectivity index (χ2n) is 13.2. The maximum atomic E-state index is 13.2. The number of esters is 2. The van der Waals surface area contributed by atoms with E-state index in [4.69, 9.17) is 9.47 Å². The maximum absolute atomic E-state index is 13.2. The summed E-state index contributed by atoms with van der Waals surface area (Å²) in [6.07, 6.45) is 3.36. The number of fused-ring (bicyclic) bond motifs is 1. The molecule has 6 nitrogen and oxygen atoms in total. The molecule has 6 aliphatic rings. The molecule has 0 radical (unpaired) electrons. The van der Waals surface area contributed by atoms with Gasteiger partial charge in [-0.1, -0.05) is 38.6 Å². The van der Waals surface area contributed by atoms with Crippen LogP contribution in [0, 0.1) is 39.9 Å². The summed E-state index contributed by atoms with van der Waals surface area (Å²) >= 11 is 0. The first-order valence-corrected chi connectivity index (χ1v) is 14.2. The van der Waals surface area contributed by atoms with E-state index in [2.05, 4.69) is 25.3 Å². The van der Waals surface area contributed by atoms with Crippen molar-refractivity contribution in [3.63, 3.8) is 0 Å². The van der Waals surface area contributed by atoms with Gasteiger partial charge in [-0.2, -0.15) is 0 Å². The average molecular weight is 506 g/mol. The molecule has 0 aromatic heterocycles. The molecule has 1 saturated heterocycles. The molecule has 6 heteroatoms. The summed E-state index contributed by atoms with van der Waals surface area (Å²) in [5.74, 6) is 0.262. The van der Waals surface area contributed by atoms with Gasteiger partial charge in [0.15, 0.2) is 0 Å². The molecule has 37 heavy (non-hydrogen) atoms. The van der Waals surface area contributed by atoms with Crippen molar-refractivity contribution >= 4 is 11.9 Å². The normalized spacial score (nSPS) is 49.0. The number of hydrogen-bond acceptors (Lipinski definition) is 6. The van der Waals surface area contributed by atoms with Crippen LogP contribution in [-0.2, 0) is 14.3 Å². The number of aliphatic hydroxyl groups is 1. The smallest absolute Gasteiger partial charge is 0.338 e. The molecular formula is C31H39NO5. The van der Waals surface area contributed by atoms with Gasteiger partial charge in [0, 0.05) is 36.3 Å². The molecule has 2 spiro atoms. The van der Waals surface area contributed by atoms with Crippen molar-refractivity contribution in [1.29, 1.82) is 0 Å². The fourth-order valence-electron chi connectivity index (χ4n) is 11.2. The predicted molar refractivity (Wildman–Crippen MR) is 137 cm³/mol. The third kappa shape index (κ3) is 2.74. The molecule has 1 unspecified atom stereocenters. The molecule has 1 heterocycles. The van der Waals surface area contributed by atoms with Crippen molar-refractivity contribution in [1.82, 2.24) is 4.90 Å². The highest BCUT2D eigenvalue weighted by molar-refractivity contribution is 5.89. The summed E-state index contributed by atoms with van der Waals surface area (Å²) in [6.45, 7) is 12.7. The van der Waals surface area contributed by atoms with E-state index in [9.17, 15) is 14.7 Å². The van der Waals surface area contributed by atoms with Gasteiger partial charge in [0.05, 0.1) is 11.7 Å². The maximum Gasteiger partial charge on any atom is 0.338 e. The minimum Gasteiger partial charge on any atom is -0.458 e. The molecular weight excluding hydrogens is 466 g/mol. The zero-order chi connectivity index (χ0) is 25.9. The lowest BCUT2D eigenvalue weighted by molar-refractivity contribution is -0.220. The Morgan fingerprint density at radius 1 is 1.16 bits per heavy atom. The van der Waals surface area contributed by atoms with Gasteiger partial charge >= 0.3 is 11.9 Å². The summed E-state index contributed by atoms with van der Waals surface area (Å²) in [5.41, 5.74) is 1.10. The summed E-state index contributed by atoms with van der Waals surface area (Å²) in [5, 5.41) is 12.0. The first kappa shape index (κ1) is 23.9. The van der Waals surface area contributed by atoms with E-state index in [1.807, 2.05) is 18.2 Å². The molecule has 1 aromatic carbocycles. The fourth-order valence-corrected chi connectivity index (χ4v) is 11.2. The van der Waals surface area contributed by atoms with Gasteiger partial charge in [0.2, 0.25) is 0 Å². The third-order valence-electron chi connectivity index (χ3n) is 12.0. The number of rotatable bonds is 4. The number of ether oxygens (including phenoxy) is 2. The second kappa shape index (κ2) is 7.69. The topological polar surface area (TPSA) is 76.1 Å². The molecule has 5 saturated carbocycles. The van der Waals surface area contributed by atoms with Crippen LogP contribution in [0.2, 0.25) is 0 Å². The van der Waals surface area contributed by atoms with Gasteiger partial charge in [-0.25, -0.2) is 4.79 Å². The van der Waals surface area contributed by atoms with Crippen LogP contribution in [0.3, 0.4) is 0 Å². The van der Waals surface area contributed by atoms with E-state index in [0.29, 0.717) is 23.8 Å². The summed E-state index contributed by atoms with van der Waals surface area (Å²) in [4.78, 5) is 28.3. The van der Waals surface area contributed by atoms with Crippen LogP contribution < -0.4 is 0 Å². The highest BCUT2D eigenvalue weighted by Gasteiger charge is 2.86. The van der Waals surface area contributed by atoms with Gasteiger partial charge < -0.3 is 14.6 Å². The molecule has 6 fully saturated rings. The van der Waals surface area contributed by atoms with E-state index < -0.39 is 6.10 Å². The predicted octanol–water partition coefficient (Wildman–Crippen LogP) is 4.23. The van der Waals surface area contributed by atoms with E-state index in [-0.39, 0.29) is 58.3 Å². The number of carbonyl (C=O) groups excluding carboxylic acids is 2. The third-order valence-corrected chi connectivity index (χ3v) is 12.0. The van der Waals surface area contributed by atoms with Gasteiger partial charge in [0.25, 0.3) is 0 Å². The van der Waals surface area contributed by atoms with Crippen molar-refractivity contribution < 1.29 is 24.2 Å². The van der Waals surface area contributed by atoms with E-state index in [1.54, 1.807) is 12.1 Å². The molecule has 1 N–H and O–H groups in total. The monoisotopic (exact) mass is 505 g/mol. The Bertz CT molecular complexity index is 1170. The van der Waals surface area contributed by atoms with Crippen LogP contribution in [0.15, 0.2) is 42.5 Å². The summed E-state index contributed by atoms with van der Waals surface area (Å²) in [6, 6.07) is 9.43. The number of carbonyl (C=O) groups is 2. The minimum absolute atomic E-state index is 0.0361. The lowest BCUT2D eigenvalue weighted by Gasteiger charge is -2.65. The lowest BCUT2D eigenvalue weighted by Crippen LogP contribution is -2.68. The van der Waals surface area contributed by atoms with Crippen molar-refractivity contribution in [2.45, 2.75) is 77.2 Å². The van der Waals surface area contributed by atoms with Crippen molar-refractivity contribution in [2.75, 3.05) is 13.1 Å². The van der Waals surface area contributed by atoms with Crippen molar-refractivity contribution in [3.05, 3.63) is 48.0 Å². The molecule has 7 bridgehead atoms.